The van der Waals surface area contributed by atoms with Crippen LogP contribution >= 0.6 is 23.1 Å². The van der Waals surface area contributed by atoms with Crippen LogP contribution in [0, 0.1) is 0 Å². The molecule has 1 rings (SSSR count). The lowest BCUT2D eigenvalue weighted by Gasteiger charge is -2.02. The minimum atomic E-state index is -0.843. The third kappa shape index (κ3) is 6.10. The largest absolute Gasteiger partial charge is 0.478 e. The summed E-state index contributed by atoms with van der Waals surface area (Å²) in [5.74, 6) is 0.400. The number of thioether (sulfide) groups is 1. The smallest absolute Gasteiger partial charge is 0.336 e. The van der Waals surface area contributed by atoms with Crippen molar-refractivity contribution in [3.05, 3.63) is 21.9 Å². The van der Waals surface area contributed by atoms with Gasteiger partial charge in [0.25, 0.3) is 0 Å². The molecular formula is C12H19NO2S2. The first kappa shape index (κ1) is 14.5. The molecule has 0 spiro atoms. The van der Waals surface area contributed by atoms with Gasteiger partial charge in [0.05, 0.1) is 5.56 Å². The van der Waals surface area contributed by atoms with E-state index in [1.807, 2.05) is 11.8 Å². The summed E-state index contributed by atoms with van der Waals surface area (Å²) in [6.45, 7) is 1.79. The number of nitrogens with one attached hydrogen (secondary N) is 1. The summed E-state index contributed by atoms with van der Waals surface area (Å²) in [5.41, 5.74) is 0.395. The monoisotopic (exact) mass is 273 g/mol. The number of rotatable bonds is 9. The van der Waals surface area contributed by atoms with Gasteiger partial charge in [0.2, 0.25) is 0 Å². The van der Waals surface area contributed by atoms with Crippen molar-refractivity contribution < 1.29 is 9.90 Å². The standard InChI is InChI=1S/C12H19NO2S2/c1-16-6-4-2-3-5-13-8-11-7-10(9-17-11)12(14)15/h7,9,13H,2-6,8H2,1H3,(H,14,15). The van der Waals surface area contributed by atoms with Crippen LogP contribution < -0.4 is 5.32 Å². The fourth-order valence-corrected chi connectivity index (χ4v) is 2.79. The number of thiophene rings is 1. The number of aromatic carboxylic acids is 1. The first-order valence-corrected chi connectivity index (χ1v) is 8.01. The van der Waals surface area contributed by atoms with E-state index < -0.39 is 5.97 Å². The van der Waals surface area contributed by atoms with E-state index >= 15 is 0 Å². The van der Waals surface area contributed by atoms with Gasteiger partial charge < -0.3 is 10.4 Å². The van der Waals surface area contributed by atoms with Gasteiger partial charge in [-0.3, -0.25) is 0 Å². The number of unbranched alkanes of at least 4 members (excludes halogenated alkanes) is 2. The summed E-state index contributed by atoms with van der Waals surface area (Å²) in [4.78, 5) is 11.8. The van der Waals surface area contributed by atoms with E-state index in [0.29, 0.717) is 5.56 Å². The van der Waals surface area contributed by atoms with Crippen molar-refractivity contribution in [2.75, 3.05) is 18.6 Å². The van der Waals surface area contributed by atoms with Gasteiger partial charge in [-0.2, -0.15) is 11.8 Å². The van der Waals surface area contributed by atoms with Crippen LogP contribution in [0.3, 0.4) is 0 Å². The molecule has 0 atom stereocenters. The number of carbonyl (C=O) groups is 1. The molecule has 0 bridgehead atoms. The third-order valence-electron chi connectivity index (χ3n) is 2.40. The minimum Gasteiger partial charge on any atom is -0.478 e. The normalized spacial score (nSPS) is 10.6. The van der Waals surface area contributed by atoms with Crippen LogP contribution in [0.2, 0.25) is 0 Å². The lowest BCUT2D eigenvalue weighted by molar-refractivity contribution is 0.0697. The van der Waals surface area contributed by atoms with Gasteiger partial charge in [-0.25, -0.2) is 4.79 Å². The Morgan fingerprint density at radius 1 is 1.47 bits per heavy atom. The van der Waals surface area contributed by atoms with Crippen molar-refractivity contribution in [1.29, 1.82) is 0 Å². The summed E-state index contributed by atoms with van der Waals surface area (Å²) in [6.07, 6.45) is 5.87. The van der Waals surface area contributed by atoms with E-state index in [0.717, 1.165) is 18.0 Å². The van der Waals surface area contributed by atoms with E-state index in [-0.39, 0.29) is 0 Å². The average Bonchev–Trinajstić information content (AvgIpc) is 2.77. The van der Waals surface area contributed by atoms with E-state index in [2.05, 4.69) is 11.6 Å². The van der Waals surface area contributed by atoms with Crippen LogP contribution in [0.25, 0.3) is 0 Å². The fraction of sp³-hybridized carbons (Fsp3) is 0.583. The van der Waals surface area contributed by atoms with Crippen molar-refractivity contribution in [1.82, 2.24) is 5.32 Å². The summed E-state index contributed by atoms with van der Waals surface area (Å²) in [5, 5.41) is 13.8. The molecule has 1 aromatic heterocycles. The molecule has 2 N–H and O–H groups in total. The summed E-state index contributed by atoms with van der Waals surface area (Å²) in [7, 11) is 0. The zero-order chi connectivity index (χ0) is 12.5. The molecule has 0 radical (unpaired) electrons. The van der Waals surface area contributed by atoms with Crippen molar-refractivity contribution in [2.24, 2.45) is 0 Å². The van der Waals surface area contributed by atoms with Crippen LogP contribution in [0.4, 0.5) is 0 Å². The lowest BCUT2D eigenvalue weighted by atomic mass is 10.2. The van der Waals surface area contributed by atoms with Crippen LogP contribution in [0.15, 0.2) is 11.4 Å². The molecule has 0 fully saturated rings. The maximum Gasteiger partial charge on any atom is 0.336 e. The SMILES string of the molecule is CSCCCCCNCc1cc(C(=O)O)cs1. The minimum absolute atomic E-state index is 0.395. The highest BCUT2D eigenvalue weighted by Gasteiger charge is 2.05. The predicted molar refractivity (Wildman–Crippen MR) is 75.2 cm³/mol. The number of carboxylic acid groups (broad SMARTS) is 1. The maximum atomic E-state index is 10.7. The predicted octanol–water partition coefficient (Wildman–Crippen LogP) is 3.07. The molecule has 0 unspecified atom stereocenters. The quantitative estimate of drug-likeness (QED) is 0.679. The second-order valence-electron chi connectivity index (χ2n) is 3.84. The van der Waals surface area contributed by atoms with Gasteiger partial charge in [-0.1, -0.05) is 6.42 Å². The Kier molecular flexibility index (Phi) is 7.32. The Morgan fingerprint density at radius 3 is 2.94 bits per heavy atom. The average molecular weight is 273 g/mol. The summed E-state index contributed by atoms with van der Waals surface area (Å²) >= 11 is 3.40. The molecule has 96 valence electrons. The highest BCUT2D eigenvalue weighted by Crippen LogP contribution is 2.14. The van der Waals surface area contributed by atoms with Gasteiger partial charge in [-0.05, 0) is 37.5 Å². The van der Waals surface area contributed by atoms with Crippen LogP contribution in [-0.4, -0.2) is 29.6 Å². The Balaban J connectivity index is 2.07. The Bertz CT molecular complexity index is 339. The second kappa shape index (κ2) is 8.55. The first-order valence-electron chi connectivity index (χ1n) is 5.74. The molecule has 0 aliphatic heterocycles. The van der Waals surface area contributed by atoms with Crippen molar-refractivity contribution in [3.8, 4) is 0 Å². The molecule has 1 aromatic rings. The molecule has 1 heterocycles. The van der Waals surface area contributed by atoms with E-state index in [1.165, 1.54) is 36.4 Å². The van der Waals surface area contributed by atoms with Gasteiger partial charge in [0, 0.05) is 16.8 Å². The molecule has 0 aromatic carbocycles. The number of hydrogen-bond acceptors (Lipinski definition) is 4. The van der Waals surface area contributed by atoms with Crippen LogP contribution in [-0.2, 0) is 6.54 Å². The zero-order valence-corrected chi connectivity index (χ0v) is 11.7. The first-order chi connectivity index (χ1) is 8.24. The Labute approximate surface area is 111 Å². The highest BCUT2D eigenvalue weighted by molar-refractivity contribution is 7.98. The molecule has 0 aliphatic carbocycles. The number of carboxylic acids is 1. The van der Waals surface area contributed by atoms with Gasteiger partial charge in [-0.15, -0.1) is 11.3 Å². The zero-order valence-electron chi connectivity index (χ0n) is 10.1. The van der Waals surface area contributed by atoms with Gasteiger partial charge >= 0.3 is 5.97 Å². The van der Waals surface area contributed by atoms with Crippen LogP contribution in [0.5, 0.6) is 0 Å². The fourth-order valence-electron chi connectivity index (χ4n) is 1.47. The van der Waals surface area contributed by atoms with Crippen molar-refractivity contribution >= 4 is 29.1 Å². The Morgan fingerprint density at radius 2 is 2.29 bits per heavy atom. The Hall–Kier alpha value is -0.520. The molecule has 5 heteroatoms. The molecule has 0 amide bonds. The summed E-state index contributed by atoms with van der Waals surface area (Å²) in [6, 6.07) is 1.74. The molecular weight excluding hydrogens is 254 g/mol. The molecule has 3 nitrogen and oxygen atoms in total. The van der Waals surface area contributed by atoms with Gasteiger partial charge in [0.1, 0.15) is 0 Å². The number of hydrogen-bond donors (Lipinski definition) is 2. The van der Waals surface area contributed by atoms with E-state index in [4.69, 9.17) is 5.11 Å². The van der Waals surface area contributed by atoms with E-state index in [9.17, 15) is 4.79 Å². The van der Waals surface area contributed by atoms with Crippen molar-refractivity contribution in [3.63, 3.8) is 0 Å². The highest BCUT2D eigenvalue weighted by atomic mass is 32.2. The van der Waals surface area contributed by atoms with E-state index in [1.54, 1.807) is 11.4 Å². The topological polar surface area (TPSA) is 49.3 Å². The molecule has 0 aliphatic rings. The molecule has 0 saturated carbocycles. The summed E-state index contributed by atoms with van der Waals surface area (Å²) < 4.78 is 0. The van der Waals surface area contributed by atoms with Crippen molar-refractivity contribution in [2.45, 2.75) is 25.8 Å². The lowest BCUT2D eigenvalue weighted by Crippen LogP contribution is -2.13. The van der Waals surface area contributed by atoms with Crippen LogP contribution in [0.1, 0.15) is 34.5 Å². The third-order valence-corrected chi connectivity index (χ3v) is 4.04. The second-order valence-corrected chi connectivity index (χ2v) is 5.82. The maximum absolute atomic E-state index is 10.7. The molecule has 17 heavy (non-hydrogen) atoms. The molecule has 0 saturated heterocycles. The van der Waals surface area contributed by atoms with Gasteiger partial charge in [0.15, 0.2) is 0 Å².